The van der Waals surface area contributed by atoms with E-state index in [4.69, 9.17) is 9.47 Å². The number of amides is 2. The van der Waals surface area contributed by atoms with Gasteiger partial charge in [0.1, 0.15) is 0 Å². The van der Waals surface area contributed by atoms with Gasteiger partial charge in [-0.2, -0.15) is 0 Å². The highest BCUT2D eigenvalue weighted by molar-refractivity contribution is 5.93. The number of methoxy groups -OCH3 is 1. The van der Waals surface area contributed by atoms with E-state index in [1.54, 1.807) is 7.11 Å². The number of carbonyl (C=O) groups excluding carboxylic acids is 1. The van der Waals surface area contributed by atoms with E-state index in [0.29, 0.717) is 19.8 Å². The summed E-state index contributed by atoms with van der Waals surface area (Å²) in [6, 6.07) is 8.02. The first kappa shape index (κ1) is 17.8. The third kappa shape index (κ3) is 4.32. The molecule has 0 spiro atoms. The second-order valence-corrected chi connectivity index (χ2v) is 6.37. The maximum atomic E-state index is 12.5. The number of benzene rings is 1. The standard InChI is InChI=1S/C19H27N3O3/c1-3-25-17-5-4-9-22(14-17)19(23)20-16-6-7-18-15(13-16)8-10-21(18)11-12-24-2/h6-8,10,13,17H,3-5,9,11-12,14H2,1-2H3,(H,20,23)/t17-/m1/s1. The van der Waals surface area contributed by atoms with Crippen LogP contribution in [0.5, 0.6) is 0 Å². The van der Waals surface area contributed by atoms with Gasteiger partial charge in [0.05, 0.1) is 12.7 Å². The molecule has 3 rings (SSSR count). The molecule has 6 nitrogen and oxygen atoms in total. The van der Waals surface area contributed by atoms with Gasteiger partial charge in [-0.3, -0.25) is 0 Å². The van der Waals surface area contributed by atoms with Crippen molar-refractivity contribution in [1.82, 2.24) is 9.47 Å². The molecule has 1 atom stereocenters. The van der Waals surface area contributed by atoms with Crippen molar-refractivity contribution >= 4 is 22.6 Å². The molecule has 1 N–H and O–H groups in total. The van der Waals surface area contributed by atoms with Crippen LogP contribution in [0.3, 0.4) is 0 Å². The lowest BCUT2D eigenvalue weighted by Crippen LogP contribution is -2.45. The summed E-state index contributed by atoms with van der Waals surface area (Å²) in [5.74, 6) is 0. The summed E-state index contributed by atoms with van der Waals surface area (Å²) in [5.41, 5.74) is 1.96. The highest BCUT2D eigenvalue weighted by atomic mass is 16.5. The van der Waals surface area contributed by atoms with E-state index in [1.165, 1.54) is 0 Å². The van der Waals surface area contributed by atoms with Crippen LogP contribution in [-0.4, -0.2) is 55.0 Å². The van der Waals surface area contributed by atoms with Crippen LogP contribution in [0.15, 0.2) is 30.5 Å². The van der Waals surface area contributed by atoms with Crippen LogP contribution in [0, 0.1) is 0 Å². The van der Waals surface area contributed by atoms with Crippen LogP contribution in [0.2, 0.25) is 0 Å². The third-order valence-corrected chi connectivity index (χ3v) is 4.63. The molecular formula is C19H27N3O3. The minimum absolute atomic E-state index is 0.0532. The zero-order valence-corrected chi connectivity index (χ0v) is 15.0. The largest absolute Gasteiger partial charge is 0.383 e. The van der Waals surface area contributed by atoms with Gasteiger partial charge >= 0.3 is 6.03 Å². The molecule has 0 unspecified atom stereocenters. The van der Waals surface area contributed by atoms with E-state index >= 15 is 0 Å². The maximum absolute atomic E-state index is 12.5. The second kappa shape index (κ2) is 8.36. The molecule has 25 heavy (non-hydrogen) atoms. The number of nitrogens with one attached hydrogen (secondary N) is 1. The Morgan fingerprint density at radius 2 is 2.24 bits per heavy atom. The number of hydrogen-bond donors (Lipinski definition) is 1. The molecule has 0 bridgehead atoms. The number of likely N-dealkylation sites (tertiary alicyclic amines) is 1. The van der Waals surface area contributed by atoms with Crippen molar-refractivity contribution in [2.75, 3.05) is 38.7 Å². The van der Waals surface area contributed by atoms with Crippen LogP contribution in [0.1, 0.15) is 19.8 Å². The molecule has 2 aromatic rings. The van der Waals surface area contributed by atoms with Gasteiger partial charge in [-0.25, -0.2) is 4.79 Å². The fraction of sp³-hybridized carbons (Fsp3) is 0.526. The quantitative estimate of drug-likeness (QED) is 0.874. The molecule has 0 saturated carbocycles. The molecule has 2 amide bonds. The molecule has 136 valence electrons. The van der Waals surface area contributed by atoms with Crippen LogP contribution >= 0.6 is 0 Å². The summed E-state index contributed by atoms with van der Waals surface area (Å²) in [4.78, 5) is 14.4. The number of ether oxygens (including phenoxy) is 2. The summed E-state index contributed by atoms with van der Waals surface area (Å²) in [6.45, 7) is 5.63. The van der Waals surface area contributed by atoms with Gasteiger partial charge in [0.25, 0.3) is 0 Å². The van der Waals surface area contributed by atoms with Gasteiger partial charge in [0.2, 0.25) is 0 Å². The summed E-state index contributed by atoms with van der Waals surface area (Å²) >= 11 is 0. The van der Waals surface area contributed by atoms with Gasteiger partial charge in [0, 0.05) is 56.1 Å². The minimum atomic E-state index is -0.0532. The fourth-order valence-corrected chi connectivity index (χ4v) is 3.36. The summed E-state index contributed by atoms with van der Waals surface area (Å²) in [5, 5.41) is 4.13. The fourth-order valence-electron chi connectivity index (χ4n) is 3.36. The van der Waals surface area contributed by atoms with Gasteiger partial charge < -0.3 is 24.3 Å². The topological polar surface area (TPSA) is 55.7 Å². The van der Waals surface area contributed by atoms with Crippen LogP contribution < -0.4 is 5.32 Å². The molecule has 1 aromatic carbocycles. The number of fused-ring (bicyclic) bond motifs is 1. The normalized spacial score (nSPS) is 17.8. The Labute approximate surface area is 148 Å². The van der Waals surface area contributed by atoms with Crippen molar-refractivity contribution in [3.63, 3.8) is 0 Å². The van der Waals surface area contributed by atoms with Crippen molar-refractivity contribution in [2.45, 2.75) is 32.4 Å². The lowest BCUT2D eigenvalue weighted by Gasteiger charge is -2.32. The Hall–Kier alpha value is -2.05. The average Bonchev–Trinajstić information content (AvgIpc) is 3.02. The average molecular weight is 345 g/mol. The molecule has 1 fully saturated rings. The first-order chi connectivity index (χ1) is 12.2. The van der Waals surface area contributed by atoms with Gasteiger partial charge in [-0.1, -0.05) is 0 Å². The minimum Gasteiger partial charge on any atom is -0.383 e. The number of hydrogen-bond acceptors (Lipinski definition) is 3. The molecule has 0 radical (unpaired) electrons. The van der Waals surface area contributed by atoms with Crippen molar-refractivity contribution in [2.24, 2.45) is 0 Å². The Morgan fingerprint density at radius 3 is 3.04 bits per heavy atom. The Balaban J connectivity index is 1.65. The van der Waals surface area contributed by atoms with Gasteiger partial charge in [-0.05, 0) is 44.0 Å². The highest BCUT2D eigenvalue weighted by Gasteiger charge is 2.23. The number of piperidine rings is 1. The van der Waals surface area contributed by atoms with Crippen LogP contribution in [0.25, 0.3) is 10.9 Å². The van der Waals surface area contributed by atoms with E-state index in [1.807, 2.05) is 36.2 Å². The molecule has 1 aliphatic heterocycles. The Kier molecular flexibility index (Phi) is 5.94. The number of anilines is 1. The predicted octanol–water partition coefficient (Wildman–Crippen LogP) is 3.32. The van der Waals surface area contributed by atoms with Gasteiger partial charge in [-0.15, -0.1) is 0 Å². The molecular weight excluding hydrogens is 318 g/mol. The lowest BCUT2D eigenvalue weighted by atomic mass is 10.1. The summed E-state index contributed by atoms with van der Waals surface area (Å²) in [6.07, 6.45) is 4.21. The monoisotopic (exact) mass is 345 g/mol. The smallest absolute Gasteiger partial charge is 0.321 e. The zero-order chi connectivity index (χ0) is 17.6. The van der Waals surface area contributed by atoms with Crippen molar-refractivity contribution in [1.29, 1.82) is 0 Å². The first-order valence-corrected chi connectivity index (χ1v) is 8.96. The Morgan fingerprint density at radius 1 is 1.36 bits per heavy atom. The van der Waals surface area contributed by atoms with E-state index in [-0.39, 0.29) is 12.1 Å². The number of urea groups is 1. The number of carbonyl (C=O) groups is 1. The molecule has 1 saturated heterocycles. The maximum Gasteiger partial charge on any atom is 0.321 e. The second-order valence-electron chi connectivity index (χ2n) is 6.37. The van der Waals surface area contributed by atoms with Crippen LogP contribution in [0.4, 0.5) is 10.5 Å². The number of nitrogens with zero attached hydrogens (tertiary/aromatic N) is 2. The zero-order valence-electron chi connectivity index (χ0n) is 15.0. The SMILES string of the molecule is CCO[C@@H]1CCCN(C(=O)Nc2ccc3c(ccn3CCOC)c2)C1. The number of aromatic nitrogens is 1. The highest BCUT2D eigenvalue weighted by Crippen LogP contribution is 2.21. The van der Waals surface area contributed by atoms with E-state index < -0.39 is 0 Å². The van der Waals surface area contributed by atoms with E-state index in [9.17, 15) is 4.79 Å². The number of rotatable bonds is 6. The molecule has 1 aliphatic rings. The Bertz CT molecular complexity index is 711. The van der Waals surface area contributed by atoms with E-state index in [0.717, 1.165) is 42.5 Å². The first-order valence-electron chi connectivity index (χ1n) is 8.96. The van der Waals surface area contributed by atoms with Gasteiger partial charge in [0.15, 0.2) is 0 Å². The molecule has 6 heteroatoms. The van der Waals surface area contributed by atoms with Crippen molar-refractivity contribution < 1.29 is 14.3 Å². The predicted molar refractivity (Wildman–Crippen MR) is 99.1 cm³/mol. The summed E-state index contributed by atoms with van der Waals surface area (Å²) < 4.78 is 13.0. The molecule has 1 aromatic heterocycles. The molecule has 0 aliphatic carbocycles. The lowest BCUT2D eigenvalue weighted by molar-refractivity contribution is 0.0181. The van der Waals surface area contributed by atoms with Crippen LogP contribution in [-0.2, 0) is 16.0 Å². The molecule has 2 heterocycles. The summed E-state index contributed by atoms with van der Waals surface area (Å²) in [7, 11) is 1.70. The third-order valence-electron chi connectivity index (χ3n) is 4.63. The van der Waals surface area contributed by atoms with Crippen molar-refractivity contribution in [3.05, 3.63) is 30.5 Å². The van der Waals surface area contributed by atoms with E-state index in [2.05, 4.69) is 16.0 Å². The van der Waals surface area contributed by atoms with Crippen molar-refractivity contribution in [3.8, 4) is 0 Å².